The molecule has 0 aliphatic carbocycles. The first-order valence-electron chi connectivity index (χ1n) is 6.46. The predicted molar refractivity (Wildman–Crippen MR) is 83.6 cm³/mol. The summed E-state index contributed by atoms with van der Waals surface area (Å²) in [5.74, 6) is -1.31. The minimum atomic E-state index is -0.997. The minimum absolute atomic E-state index is 0.216. The van der Waals surface area contributed by atoms with E-state index in [1.54, 1.807) is 43.3 Å². The standard InChI is InChI=1S/C16H16FNO2S/c1-10(11-6-3-4-7-12(11)17)18-13-8-5-9-14(21-2)15(13)16(19)20/h3-10,18H,1-2H3,(H,19,20). The van der Waals surface area contributed by atoms with Gasteiger partial charge in [-0.15, -0.1) is 11.8 Å². The lowest BCUT2D eigenvalue weighted by Gasteiger charge is -2.19. The molecule has 1 atom stereocenters. The average Bonchev–Trinajstić information content (AvgIpc) is 2.46. The summed E-state index contributed by atoms with van der Waals surface area (Å²) < 4.78 is 13.8. The number of hydrogen-bond donors (Lipinski definition) is 2. The quantitative estimate of drug-likeness (QED) is 0.803. The van der Waals surface area contributed by atoms with E-state index in [0.29, 0.717) is 16.1 Å². The Kier molecular flexibility index (Phi) is 4.85. The minimum Gasteiger partial charge on any atom is -0.478 e. The summed E-state index contributed by atoms with van der Waals surface area (Å²) in [6.07, 6.45) is 1.83. The Balaban J connectivity index is 2.36. The van der Waals surface area contributed by atoms with Crippen molar-refractivity contribution in [2.24, 2.45) is 0 Å². The molecule has 0 bridgehead atoms. The molecule has 0 aliphatic rings. The molecule has 0 amide bonds. The van der Waals surface area contributed by atoms with Crippen molar-refractivity contribution in [2.45, 2.75) is 17.9 Å². The van der Waals surface area contributed by atoms with Gasteiger partial charge in [0.15, 0.2) is 0 Å². The van der Waals surface area contributed by atoms with E-state index in [1.165, 1.54) is 17.8 Å². The van der Waals surface area contributed by atoms with Gasteiger partial charge < -0.3 is 10.4 Å². The van der Waals surface area contributed by atoms with Gasteiger partial charge in [0.05, 0.1) is 17.3 Å². The second-order valence-electron chi connectivity index (χ2n) is 4.58. The van der Waals surface area contributed by atoms with Crippen LogP contribution >= 0.6 is 11.8 Å². The highest BCUT2D eigenvalue weighted by molar-refractivity contribution is 7.98. The van der Waals surface area contributed by atoms with Gasteiger partial charge in [0, 0.05) is 10.5 Å². The molecular weight excluding hydrogens is 289 g/mol. The first-order chi connectivity index (χ1) is 10.0. The van der Waals surface area contributed by atoms with Crippen molar-refractivity contribution < 1.29 is 14.3 Å². The molecule has 2 N–H and O–H groups in total. The summed E-state index contributed by atoms with van der Waals surface area (Å²) in [7, 11) is 0. The average molecular weight is 305 g/mol. The molecule has 1 unspecified atom stereocenters. The van der Waals surface area contributed by atoms with Gasteiger partial charge >= 0.3 is 5.97 Å². The van der Waals surface area contributed by atoms with E-state index in [-0.39, 0.29) is 17.4 Å². The number of carbonyl (C=O) groups is 1. The van der Waals surface area contributed by atoms with Crippen molar-refractivity contribution >= 4 is 23.4 Å². The number of thioether (sulfide) groups is 1. The second-order valence-corrected chi connectivity index (χ2v) is 5.42. The van der Waals surface area contributed by atoms with E-state index in [1.807, 2.05) is 6.26 Å². The summed E-state index contributed by atoms with van der Waals surface area (Å²) in [6, 6.07) is 11.4. The van der Waals surface area contributed by atoms with Crippen LogP contribution in [0, 0.1) is 5.82 Å². The van der Waals surface area contributed by atoms with Gasteiger partial charge in [-0.2, -0.15) is 0 Å². The van der Waals surface area contributed by atoms with E-state index in [0.717, 1.165) is 0 Å². The maximum Gasteiger partial charge on any atom is 0.338 e. The van der Waals surface area contributed by atoms with Crippen LogP contribution in [0.5, 0.6) is 0 Å². The maximum absolute atomic E-state index is 13.8. The molecule has 2 aromatic rings. The number of halogens is 1. The van der Waals surface area contributed by atoms with E-state index in [2.05, 4.69) is 5.32 Å². The first-order valence-corrected chi connectivity index (χ1v) is 7.68. The van der Waals surface area contributed by atoms with E-state index in [9.17, 15) is 14.3 Å². The SMILES string of the molecule is CSc1cccc(NC(C)c2ccccc2F)c1C(=O)O. The first kappa shape index (κ1) is 15.4. The van der Waals surface area contributed by atoms with Crippen LogP contribution in [-0.2, 0) is 0 Å². The molecule has 0 saturated carbocycles. The van der Waals surface area contributed by atoms with Crippen molar-refractivity contribution in [1.29, 1.82) is 0 Å². The highest BCUT2D eigenvalue weighted by Gasteiger charge is 2.18. The Hall–Kier alpha value is -2.01. The van der Waals surface area contributed by atoms with Crippen LogP contribution in [0.4, 0.5) is 10.1 Å². The molecule has 0 heterocycles. The number of aromatic carboxylic acids is 1. The number of carboxylic acid groups (broad SMARTS) is 1. The topological polar surface area (TPSA) is 49.3 Å². The summed E-state index contributed by atoms with van der Waals surface area (Å²) in [5, 5.41) is 12.5. The number of anilines is 1. The van der Waals surface area contributed by atoms with E-state index < -0.39 is 5.97 Å². The third-order valence-electron chi connectivity index (χ3n) is 3.20. The molecule has 0 radical (unpaired) electrons. The van der Waals surface area contributed by atoms with E-state index in [4.69, 9.17) is 0 Å². The van der Waals surface area contributed by atoms with Crippen LogP contribution in [0.15, 0.2) is 47.4 Å². The third-order valence-corrected chi connectivity index (χ3v) is 3.98. The fourth-order valence-electron chi connectivity index (χ4n) is 2.18. The Bertz CT molecular complexity index is 660. The molecule has 110 valence electrons. The lowest BCUT2D eigenvalue weighted by atomic mass is 10.1. The zero-order valence-electron chi connectivity index (χ0n) is 11.8. The molecule has 0 aromatic heterocycles. The molecule has 0 fully saturated rings. The lowest BCUT2D eigenvalue weighted by molar-refractivity contribution is 0.0694. The molecule has 0 aliphatic heterocycles. The maximum atomic E-state index is 13.8. The van der Waals surface area contributed by atoms with E-state index >= 15 is 0 Å². The number of nitrogens with one attached hydrogen (secondary N) is 1. The van der Waals surface area contributed by atoms with Gasteiger partial charge in [0.2, 0.25) is 0 Å². The Labute approximate surface area is 127 Å². The largest absolute Gasteiger partial charge is 0.478 e. The van der Waals surface area contributed by atoms with Crippen molar-refractivity contribution in [3.63, 3.8) is 0 Å². The van der Waals surface area contributed by atoms with Crippen molar-refractivity contribution in [3.8, 4) is 0 Å². The van der Waals surface area contributed by atoms with Crippen LogP contribution in [0.3, 0.4) is 0 Å². The summed E-state index contributed by atoms with van der Waals surface area (Å²) >= 11 is 1.37. The molecular formula is C16H16FNO2S. The molecule has 2 aromatic carbocycles. The summed E-state index contributed by atoms with van der Waals surface area (Å²) in [6.45, 7) is 1.80. The van der Waals surface area contributed by atoms with Crippen LogP contribution in [-0.4, -0.2) is 17.3 Å². The third kappa shape index (κ3) is 3.36. The van der Waals surface area contributed by atoms with Gasteiger partial charge in [-0.25, -0.2) is 9.18 Å². The van der Waals surface area contributed by atoms with Crippen molar-refractivity contribution in [1.82, 2.24) is 0 Å². The monoisotopic (exact) mass is 305 g/mol. The van der Waals surface area contributed by atoms with Crippen molar-refractivity contribution in [3.05, 3.63) is 59.4 Å². The molecule has 5 heteroatoms. The number of rotatable bonds is 5. The molecule has 0 spiro atoms. The Morgan fingerprint density at radius 3 is 2.57 bits per heavy atom. The van der Waals surface area contributed by atoms with Crippen LogP contribution in [0.2, 0.25) is 0 Å². The second kappa shape index (κ2) is 6.63. The predicted octanol–water partition coefficient (Wildman–Crippen LogP) is 4.42. The number of hydrogen-bond acceptors (Lipinski definition) is 3. The van der Waals surface area contributed by atoms with Gasteiger partial charge in [-0.3, -0.25) is 0 Å². The Morgan fingerprint density at radius 2 is 1.95 bits per heavy atom. The zero-order valence-corrected chi connectivity index (χ0v) is 12.6. The zero-order chi connectivity index (χ0) is 15.4. The molecule has 2 rings (SSSR count). The van der Waals surface area contributed by atoms with Gasteiger partial charge in [-0.05, 0) is 31.4 Å². The van der Waals surface area contributed by atoms with Gasteiger partial charge in [0.1, 0.15) is 5.82 Å². The van der Waals surface area contributed by atoms with Gasteiger partial charge in [-0.1, -0.05) is 24.3 Å². The van der Waals surface area contributed by atoms with Crippen LogP contribution in [0.1, 0.15) is 28.9 Å². The highest BCUT2D eigenvalue weighted by atomic mass is 32.2. The van der Waals surface area contributed by atoms with Crippen molar-refractivity contribution in [2.75, 3.05) is 11.6 Å². The highest BCUT2D eigenvalue weighted by Crippen LogP contribution is 2.30. The smallest absolute Gasteiger partial charge is 0.338 e. The van der Waals surface area contributed by atoms with Crippen LogP contribution < -0.4 is 5.32 Å². The lowest BCUT2D eigenvalue weighted by Crippen LogP contribution is -2.12. The van der Waals surface area contributed by atoms with Crippen LogP contribution in [0.25, 0.3) is 0 Å². The Morgan fingerprint density at radius 1 is 1.24 bits per heavy atom. The van der Waals surface area contributed by atoms with Gasteiger partial charge in [0.25, 0.3) is 0 Å². The fourth-order valence-corrected chi connectivity index (χ4v) is 2.80. The number of benzene rings is 2. The number of carboxylic acids is 1. The molecule has 3 nitrogen and oxygen atoms in total. The molecule has 21 heavy (non-hydrogen) atoms. The normalized spacial score (nSPS) is 12.0. The molecule has 0 saturated heterocycles. The summed E-state index contributed by atoms with van der Waals surface area (Å²) in [5.41, 5.74) is 1.21. The fraction of sp³-hybridized carbons (Fsp3) is 0.188. The summed E-state index contributed by atoms with van der Waals surface area (Å²) in [4.78, 5) is 12.1.